The second-order valence-electron chi connectivity index (χ2n) is 6.05. The Morgan fingerprint density at radius 1 is 1.40 bits per heavy atom. The number of anilines is 1. The molecule has 1 aromatic carbocycles. The highest BCUT2D eigenvalue weighted by Gasteiger charge is 2.28. The fraction of sp³-hybridized carbons (Fsp3) is 0.562. The van der Waals surface area contributed by atoms with Crippen LogP contribution >= 0.6 is 0 Å². The maximum atomic E-state index is 11.9. The van der Waals surface area contributed by atoms with Gasteiger partial charge in [0.15, 0.2) is 6.10 Å². The van der Waals surface area contributed by atoms with E-state index in [4.69, 9.17) is 10.5 Å². The zero-order valence-electron chi connectivity index (χ0n) is 12.7. The monoisotopic (exact) mass is 276 g/mol. The van der Waals surface area contributed by atoms with Crippen LogP contribution in [-0.4, -0.2) is 25.1 Å². The number of likely N-dealkylation sites (N-methyl/N-ethyl adjacent to an activating group) is 1. The number of nitrogens with zero attached hydrogens (tertiary/aromatic N) is 1. The first kappa shape index (κ1) is 14.9. The van der Waals surface area contributed by atoms with Crippen LogP contribution in [0.2, 0.25) is 0 Å². The Kier molecular flexibility index (Phi) is 4.33. The van der Waals surface area contributed by atoms with E-state index in [1.807, 2.05) is 18.2 Å². The number of benzene rings is 1. The molecule has 0 saturated heterocycles. The number of ether oxygens (including phenoxy) is 1. The van der Waals surface area contributed by atoms with Crippen molar-refractivity contribution in [2.24, 2.45) is 11.7 Å². The van der Waals surface area contributed by atoms with E-state index in [0.717, 1.165) is 29.8 Å². The van der Waals surface area contributed by atoms with Crippen LogP contribution in [-0.2, 0) is 11.2 Å². The fourth-order valence-electron chi connectivity index (χ4n) is 2.68. The van der Waals surface area contributed by atoms with Crippen LogP contribution in [0.4, 0.5) is 5.69 Å². The van der Waals surface area contributed by atoms with Crippen LogP contribution in [0.1, 0.15) is 32.8 Å². The number of hydrogen-bond donors (Lipinski definition) is 1. The summed E-state index contributed by atoms with van der Waals surface area (Å²) in [6.07, 6.45) is 1.41. The third-order valence-corrected chi connectivity index (χ3v) is 3.64. The third-order valence-electron chi connectivity index (χ3n) is 3.64. The molecule has 0 spiro atoms. The SMILES string of the molecule is CC(C)CC(N)Cc1ccc2c(c1)N(C)C(=O)C(C)O2. The van der Waals surface area contributed by atoms with Crippen molar-refractivity contribution in [3.63, 3.8) is 0 Å². The van der Waals surface area contributed by atoms with Crippen molar-refractivity contribution >= 4 is 11.6 Å². The highest BCUT2D eigenvalue weighted by atomic mass is 16.5. The largest absolute Gasteiger partial charge is 0.479 e. The van der Waals surface area contributed by atoms with Crippen molar-refractivity contribution in [1.82, 2.24) is 0 Å². The molecule has 0 bridgehead atoms. The minimum absolute atomic E-state index is 0.0128. The van der Waals surface area contributed by atoms with Crippen molar-refractivity contribution < 1.29 is 9.53 Å². The molecular formula is C16H24N2O2. The van der Waals surface area contributed by atoms with Gasteiger partial charge in [0, 0.05) is 13.1 Å². The molecule has 1 aliphatic rings. The summed E-state index contributed by atoms with van der Waals surface area (Å²) in [5, 5.41) is 0. The van der Waals surface area contributed by atoms with Crippen molar-refractivity contribution in [3.05, 3.63) is 23.8 Å². The van der Waals surface area contributed by atoms with Gasteiger partial charge in [0.1, 0.15) is 5.75 Å². The quantitative estimate of drug-likeness (QED) is 0.918. The van der Waals surface area contributed by atoms with E-state index in [-0.39, 0.29) is 11.9 Å². The normalized spacial score (nSPS) is 19.8. The molecule has 1 amide bonds. The van der Waals surface area contributed by atoms with E-state index >= 15 is 0 Å². The molecular weight excluding hydrogens is 252 g/mol. The first-order valence-electron chi connectivity index (χ1n) is 7.21. The smallest absolute Gasteiger partial charge is 0.267 e. The lowest BCUT2D eigenvalue weighted by molar-refractivity contribution is -0.125. The fourth-order valence-corrected chi connectivity index (χ4v) is 2.68. The molecule has 0 saturated carbocycles. The van der Waals surface area contributed by atoms with E-state index < -0.39 is 6.10 Å². The summed E-state index contributed by atoms with van der Waals surface area (Å²) < 4.78 is 5.62. The molecule has 4 heteroatoms. The van der Waals surface area contributed by atoms with Gasteiger partial charge in [-0.3, -0.25) is 4.79 Å². The van der Waals surface area contributed by atoms with Gasteiger partial charge in [0.25, 0.3) is 5.91 Å². The summed E-state index contributed by atoms with van der Waals surface area (Å²) in [5.41, 5.74) is 8.14. The van der Waals surface area contributed by atoms with E-state index in [1.54, 1.807) is 18.9 Å². The van der Waals surface area contributed by atoms with E-state index in [0.29, 0.717) is 5.92 Å². The second kappa shape index (κ2) is 5.83. The third kappa shape index (κ3) is 3.12. The molecule has 0 aromatic heterocycles. The summed E-state index contributed by atoms with van der Waals surface area (Å²) in [6, 6.07) is 6.14. The van der Waals surface area contributed by atoms with Gasteiger partial charge in [-0.2, -0.15) is 0 Å². The number of amides is 1. The summed E-state index contributed by atoms with van der Waals surface area (Å²) >= 11 is 0. The topological polar surface area (TPSA) is 55.6 Å². The summed E-state index contributed by atoms with van der Waals surface area (Å²) in [5.74, 6) is 1.35. The molecule has 2 rings (SSSR count). The number of fused-ring (bicyclic) bond motifs is 1. The van der Waals surface area contributed by atoms with Crippen LogP contribution in [0.15, 0.2) is 18.2 Å². The van der Waals surface area contributed by atoms with Crippen LogP contribution in [0.5, 0.6) is 5.75 Å². The average molecular weight is 276 g/mol. The highest BCUT2D eigenvalue weighted by Crippen LogP contribution is 2.34. The molecule has 20 heavy (non-hydrogen) atoms. The zero-order valence-corrected chi connectivity index (χ0v) is 12.7. The lowest BCUT2D eigenvalue weighted by Crippen LogP contribution is -2.42. The van der Waals surface area contributed by atoms with E-state index in [1.165, 1.54) is 0 Å². The van der Waals surface area contributed by atoms with Crippen molar-refractivity contribution in [2.45, 2.75) is 45.8 Å². The van der Waals surface area contributed by atoms with Crippen LogP contribution in [0.25, 0.3) is 0 Å². The molecule has 0 aliphatic carbocycles. The van der Waals surface area contributed by atoms with E-state index in [9.17, 15) is 4.79 Å². The number of hydrogen-bond acceptors (Lipinski definition) is 3. The average Bonchev–Trinajstić information content (AvgIpc) is 2.36. The van der Waals surface area contributed by atoms with Crippen LogP contribution in [0, 0.1) is 5.92 Å². The first-order valence-corrected chi connectivity index (χ1v) is 7.21. The molecule has 1 aliphatic heterocycles. The van der Waals surface area contributed by atoms with Gasteiger partial charge in [-0.15, -0.1) is 0 Å². The summed E-state index contributed by atoms with van der Waals surface area (Å²) in [6.45, 7) is 6.12. The van der Waals surface area contributed by atoms with Gasteiger partial charge < -0.3 is 15.4 Å². The van der Waals surface area contributed by atoms with Crippen molar-refractivity contribution in [3.8, 4) is 5.75 Å². The molecule has 110 valence electrons. The number of nitrogens with two attached hydrogens (primary N) is 1. The molecule has 1 heterocycles. The van der Waals surface area contributed by atoms with Crippen molar-refractivity contribution in [1.29, 1.82) is 0 Å². The highest BCUT2D eigenvalue weighted by molar-refractivity contribution is 5.99. The van der Waals surface area contributed by atoms with Crippen LogP contribution < -0.4 is 15.4 Å². The lowest BCUT2D eigenvalue weighted by atomic mass is 9.97. The number of rotatable bonds is 4. The standard InChI is InChI=1S/C16H24N2O2/c1-10(2)7-13(17)8-12-5-6-15-14(9-12)18(4)16(19)11(3)20-15/h5-6,9-11,13H,7-8,17H2,1-4H3. The Morgan fingerprint density at radius 2 is 2.10 bits per heavy atom. The molecule has 2 N–H and O–H groups in total. The maximum Gasteiger partial charge on any atom is 0.267 e. The van der Waals surface area contributed by atoms with Gasteiger partial charge in [-0.1, -0.05) is 19.9 Å². The Balaban J connectivity index is 2.17. The summed E-state index contributed by atoms with van der Waals surface area (Å²) in [7, 11) is 1.79. The van der Waals surface area contributed by atoms with Gasteiger partial charge in [-0.05, 0) is 43.4 Å². The molecule has 4 nitrogen and oxygen atoms in total. The van der Waals surface area contributed by atoms with Gasteiger partial charge in [0.05, 0.1) is 5.69 Å². The van der Waals surface area contributed by atoms with Gasteiger partial charge >= 0.3 is 0 Å². The minimum atomic E-state index is -0.415. The van der Waals surface area contributed by atoms with Crippen LogP contribution in [0.3, 0.4) is 0 Å². The Hall–Kier alpha value is -1.55. The van der Waals surface area contributed by atoms with Crippen molar-refractivity contribution in [2.75, 3.05) is 11.9 Å². The zero-order chi connectivity index (χ0) is 14.9. The number of carbonyl (C=O) groups excluding carboxylic acids is 1. The predicted molar refractivity (Wildman–Crippen MR) is 81.1 cm³/mol. The Morgan fingerprint density at radius 3 is 2.75 bits per heavy atom. The Labute approximate surface area is 120 Å². The molecule has 2 unspecified atom stereocenters. The lowest BCUT2D eigenvalue weighted by Gasteiger charge is -2.30. The maximum absolute atomic E-state index is 11.9. The Bertz CT molecular complexity index is 499. The summed E-state index contributed by atoms with van der Waals surface area (Å²) in [4.78, 5) is 13.6. The molecule has 0 fully saturated rings. The first-order chi connectivity index (χ1) is 9.38. The van der Waals surface area contributed by atoms with Gasteiger partial charge in [-0.25, -0.2) is 0 Å². The predicted octanol–water partition coefficient (Wildman–Crippen LogP) is 2.35. The minimum Gasteiger partial charge on any atom is -0.479 e. The van der Waals surface area contributed by atoms with E-state index in [2.05, 4.69) is 13.8 Å². The molecule has 0 radical (unpaired) electrons. The molecule has 2 atom stereocenters. The van der Waals surface area contributed by atoms with Gasteiger partial charge in [0.2, 0.25) is 0 Å². The number of carbonyl (C=O) groups is 1. The molecule has 1 aromatic rings. The second-order valence-corrected chi connectivity index (χ2v) is 6.05.